The Kier molecular flexibility index (Phi) is 6.59. The smallest absolute Gasteiger partial charge is 0.322 e. The fraction of sp³-hybridized carbons (Fsp3) is 0.250. The van der Waals surface area contributed by atoms with Gasteiger partial charge in [-0.1, -0.05) is 18.9 Å². The number of nitrogens with one attached hydrogen (secondary N) is 1. The van der Waals surface area contributed by atoms with E-state index < -0.39 is 15.9 Å². The zero-order valence-corrected chi connectivity index (χ0v) is 18.6. The number of carbonyl (C=O) groups excluding carboxylic acids is 1. The Morgan fingerprint density at radius 2 is 1.67 bits per heavy atom. The molecule has 8 nitrogen and oxygen atoms in total. The van der Waals surface area contributed by atoms with Crippen molar-refractivity contribution in [1.29, 1.82) is 0 Å². The maximum atomic E-state index is 12.4. The van der Waals surface area contributed by atoms with E-state index in [-0.39, 0.29) is 16.5 Å². The second kappa shape index (κ2) is 8.99. The number of aromatic nitrogens is 2. The van der Waals surface area contributed by atoms with Crippen molar-refractivity contribution in [2.75, 3.05) is 19.4 Å². The van der Waals surface area contributed by atoms with Crippen molar-refractivity contribution in [3.63, 3.8) is 0 Å². The van der Waals surface area contributed by atoms with E-state index in [1.165, 1.54) is 38.4 Å². The molecule has 3 rings (SSSR count). The number of anilines is 1. The molecule has 158 valence electrons. The lowest BCUT2D eigenvalue weighted by atomic mass is 10.2. The summed E-state index contributed by atoms with van der Waals surface area (Å²) in [5.74, 6) is -0.193. The third kappa shape index (κ3) is 5.07. The lowest BCUT2D eigenvalue weighted by Crippen LogP contribution is -2.22. The number of hydrogen-bond donors (Lipinski definition) is 1. The minimum Gasteiger partial charge on any atom is -0.403 e. The van der Waals surface area contributed by atoms with Gasteiger partial charge in [-0.2, -0.15) is 0 Å². The minimum atomic E-state index is -3.56. The highest BCUT2D eigenvalue weighted by atomic mass is 32.2. The molecule has 0 aliphatic carbocycles. The van der Waals surface area contributed by atoms with Gasteiger partial charge < -0.3 is 4.42 Å². The molecular formula is C20H22N4O4S2. The summed E-state index contributed by atoms with van der Waals surface area (Å²) in [4.78, 5) is 13.6. The van der Waals surface area contributed by atoms with E-state index in [1.807, 2.05) is 24.3 Å². The molecule has 0 atom stereocenters. The van der Waals surface area contributed by atoms with Crippen LogP contribution in [-0.4, -0.2) is 48.2 Å². The topological polar surface area (TPSA) is 105 Å². The predicted molar refractivity (Wildman–Crippen MR) is 116 cm³/mol. The Hall–Kier alpha value is -2.69. The van der Waals surface area contributed by atoms with E-state index in [9.17, 15) is 13.2 Å². The first-order valence-corrected chi connectivity index (χ1v) is 11.4. The standard InChI is InChI=1S/C20H22N4O4S2/c1-13(2)29-16-9-5-15(6-10-16)19-22-23-20(28-19)21-18(25)14-7-11-17(12-8-14)30(26,27)24(3)4/h5-13H,1-4H3,(H,21,23,25). The summed E-state index contributed by atoms with van der Waals surface area (Å²) < 4.78 is 30.8. The van der Waals surface area contributed by atoms with Gasteiger partial charge >= 0.3 is 6.01 Å². The Morgan fingerprint density at radius 1 is 1.03 bits per heavy atom. The van der Waals surface area contributed by atoms with Gasteiger partial charge in [0, 0.05) is 35.4 Å². The zero-order valence-electron chi connectivity index (χ0n) is 17.0. The van der Waals surface area contributed by atoms with Crippen molar-refractivity contribution in [3.05, 3.63) is 54.1 Å². The summed E-state index contributed by atoms with van der Waals surface area (Å²) in [5, 5.41) is 10.8. The molecule has 0 saturated heterocycles. The highest BCUT2D eigenvalue weighted by molar-refractivity contribution is 7.99. The molecule has 10 heteroatoms. The van der Waals surface area contributed by atoms with Crippen molar-refractivity contribution in [3.8, 4) is 11.5 Å². The van der Waals surface area contributed by atoms with Gasteiger partial charge in [-0.15, -0.1) is 16.9 Å². The first-order valence-electron chi connectivity index (χ1n) is 9.11. The van der Waals surface area contributed by atoms with Crippen molar-refractivity contribution >= 4 is 33.7 Å². The average molecular weight is 447 g/mol. The van der Waals surface area contributed by atoms with Crippen LogP contribution in [0.1, 0.15) is 24.2 Å². The Balaban J connectivity index is 1.69. The van der Waals surface area contributed by atoms with Crippen LogP contribution in [0.2, 0.25) is 0 Å². The molecule has 1 aromatic heterocycles. The van der Waals surface area contributed by atoms with Crippen molar-refractivity contribution in [1.82, 2.24) is 14.5 Å². The molecule has 0 radical (unpaired) electrons. The van der Waals surface area contributed by atoms with Crippen molar-refractivity contribution < 1.29 is 17.6 Å². The van der Waals surface area contributed by atoms with Crippen LogP contribution in [-0.2, 0) is 10.0 Å². The summed E-state index contributed by atoms with van der Waals surface area (Å²) in [6.45, 7) is 4.25. The molecule has 0 unspecified atom stereocenters. The number of amides is 1. The van der Waals surface area contributed by atoms with Crippen LogP contribution in [0.4, 0.5) is 6.01 Å². The number of sulfonamides is 1. The van der Waals surface area contributed by atoms with Crippen LogP contribution in [0.3, 0.4) is 0 Å². The summed E-state index contributed by atoms with van der Waals surface area (Å²) in [5.41, 5.74) is 1.01. The van der Waals surface area contributed by atoms with Crippen LogP contribution >= 0.6 is 11.8 Å². The SMILES string of the molecule is CC(C)Sc1ccc(-c2nnc(NC(=O)c3ccc(S(=O)(=O)N(C)C)cc3)o2)cc1. The van der Waals surface area contributed by atoms with E-state index in [0.717, 1.165) is 14.8 Å². The lowest BCUT2D eigenvalue weighted by Gasteiger charge is -2.11. The van der Waals surface area contributed by atoms with E-state index in [0.29, 0.717) is 11.1 Å². The lowest BCUT2D eigenvalue weighted by molar-refractivity contribution is 0.102. The van der Waals surface area contributed by atoms with Crippen LogP contribution in [0, 0.1) is 0 Å². The molecule has 0 saturated carbocycles. The van der Waals surface area contributed by atoms with Crippen LogP contribution in [0.15, 0.2) is 62.7 Å². The predicted octanol–water partition coefficient (Wildman–Crippen LogP) is 3.74. The van der Waals surface area contributed by atoms with Gasteiger partial charge in [-0.3, -0.25) is 10.1 Å². The van der Waals surface area contributed by atoms with Gasteiger partial charge in [0.15, 0.2) is 0 Å². The molecule has 0 aliphatic heterocycles. The molecular weight excluding hydrogens is 424 g/mol. The number of hydrogen-bond acceptors (Lipinski definition) is 7. The van der Waals surface area contributed by atoms with E-state index in [4.69, 9.17) is 4.42 Å². The molecule has 0 bridgehead atoms. The fourth-order valence-electron chi connectivity index (χ4n) is 2.50. The highest BCUT2D eigenvalue weighted by Gasteiger charge is 2.18. The summed E-state index contributed by atoms with van der Waals surface area (Å²) in [6.07, 6.45) is 0. The van der Waals surface area contributed by atoms with Gasteiger partial charge in [0.25, 0.3) is 5.91 Å². The summed E-state index contributed by atoms with van der Waals surface area (Å²) in [7, 11) is -0.668. The summed E-state index contributed by atoms with van der Waals surface area (Å²) in [6, 6.07) is 13.3. The zero-order chi connectivity index (χ0) is 21.9. The van der Waals surface area contributed by atoms with E-state index >= 15 is 0 Å². The molecule has 0 fully saturated rings. The summed E-state index contributed by atoms with van der Waals surface area (Å²) >= 11 is 1.75. The van der Waals surface area contributed by atoms with Crippen LogP contribution < -0.4 is 5.32 Å². The molecule has 0 aliphatic rings. The molecule has 2 aromatic carbocycles. The number of rotatable bonds is 7. The van der Waals surface area contributed by atoms with Crippen LogP contribution in [0.25, 0.3) is 11.5 Å². The third-order valence-electron chi connectivity index (χ3n) is 4.01. The Labute approximate surface area is 179 Å². The number of carbonyl (C=O) groups is 1. The van der Waals surface area contributed by atoms with Crippen molar-refractivity contribution in [2.24, 2.45) is 0 Å². The average Bonchev–Trinajstić information content (AvgIpc) is 3.16. The van der Waals surface area contributed by atoms with E-state index in [1.54, 1.807) is 11.8 Å². The largest absolute Gasteiger partial charge is 0.403 e. The van der Waals surface area contributed by atoms with Crippen molar-refractivity contribution in [2.45, 2.75) is 28.9 Å². The number of thioether (sulfide) groups is 1. The quantitative estimate of drug-likeness (QED) is 0.551. The highest BCUT2D eigenvalue weighted by Crippen LogP contribution is 2.26. The first-order chi connectivity index (χ1) is 14.2. The number of benzene rings is 2. The fourth-order valence-corrected chi connectivity index (χ4v) is 4.24. The first kappa shape index (κ1) is 22.0. The Bertz CT molecular complexity index is 1120. The van der Waals surface area contributed by atoms with Gasteiger partial charge in [0.05, 0.1) is 4.90 Å². The monoisotopic (exact) mass is 446 g/mol. The molecule has 1 heterocycles. The van der Waals surface area contributed by atoms with Gasteiger partial charge in [0.2, 0.25) is 15.9 Å². The third-order valence-corrected chi connectivity index (χ3v) is 6.86. The van der Waals surface area contributed by atoms with Gasteiger partial charge in [-0.05, 0) is 48.5 Å². The molecule has 30 heavy (non-hydrogen) atoms. The maximum absolute atomic E-state index is 12.4. The molecule has 3 aromatic rings. The van der Waals surface area contributed by atoms with Gasteiger partial charge in [0.1, 0.15) is 0 Å². The molecule has 0 spiro atoms. The minimum absolute atomic E-state index is 0.0411. The maximum Gasteiger partial charge on any atom is 0.322 e. The second-order valence-corrected chi connectivity index (χ2v) is 10.7. The second-order valence-electron chi connectivity index (χ2n) is 6.87. The molecule has 1 N–H and O–H groups in total. The Morgan fingerprint density at radius 3 is 2.23 bits per heavy atom. The molecule has 1 amide bonds. The number of nitrogens with zero attached hydrogens (tertiary/aromatic N) is 3. The van der Waals surface area contributed by atoms with Crippen LogP contribution in [0.5, 0.6) is 0 Å². The normalized spacial score (nSPS) is 11.8. The van der Waals surface area contributed by atoms with E-state index in [2.05, 4.69) is 29.4 Å². The van der Waals surface area contributed by atoms with Gasteiger partial charge in [-0.25, -0.2) is 12.7 Å².